The fourth-order valence-electron chi connectivity index (χ4n) is 3.44. The van der Waals surface area contributed by atoms with E-state index in [-0.39, 0.29) is 12.0 Å². The number of benzene rings is 2. The van der Waals surface area contributed by atoms with Crippen molar-refractivity contribution in [2.75, 3.05) is 25.5 Å². The summed E-state index contributed by atoms with van der Waals surface area (Å²) in [4.78, 5) is 12.8. The number of aryl methyl sites for hydroxylation is 1. The van der Waals surface area contributed by atoms with E-state index in [1.54, 1.807) is 7.11 Å². The number of piperidine rings is 1. The van der Waals surface area contributed by atoms with Crippen LogP contribution in [0.2, 0.25) is 0 Å². The Morgan fingerprint density at radius 3 is 2.48 bits per heavy atom. The molecule has 0 saturated carbocycles. The first-order chi connectivity index (χ1) is 13.0. The molecule has 1 aliphatic heterocycles. The molecule has 0 aromatic heterocycles. The molecule has 1 fully saturated rings. The van der Waals surface area contributed by atoms with Crippen LogP contribution in [0.1, 0.15) is 37.0 Å². The Balaban J connectivity index is 1.68. The summed E-state index contributed by atoms with van der Waals surface area (Å²) in [6.45, 7) is 5.56. The van der Waals surface area contributed by atoms with E-state index in [0.717, 1.165) is 35.7 Å². The first-order valence-corrected chi connectivity index (χ1v) is 9.44. The van der Waals surface area contributed by atoms with Crippen molar-refractivity contribution in [1.29, 1.82) is 0 Å². The highest BCUT2D eigenvalue weighted by molar-refractivity contribution is 5.98. The van der Waals surface area contributed by atoms with Crippen LogP contribution in [-0.2, 0) is 9.53 Å². The van der Waals surface area contributed by atoms with Gasteiger partial charge in [0, 0.05) is 12.8 Å². The average Bonchev–Trinajstić information content (AvgIpc) is 2.71. The quantitative estimate of drug-likeness (QED) is 0.813. The Hall–Kier alpha value is -2.37. The normalized spacial score (nSPS) is 17.1. The molecule has 1 saturated heterocycles. The second kappa shape index (κ2) is 8.55. The fraction of sp³-hybridized carbons (Fsp3) is 0.409. The highest BCUT2D eigenvalue weighted by Gasteiger charge is 2.39. The van der Waals surface area contributed by atoms with Gasteiger partial charge in [0.05, 0.1) is 0 Å². The molecular formula is C22H28N2O3. The summed E-state index contributed by atoms with van der Waals surface area (Å²) in [7, 11) is 1.61. The molecule has 1 heterocycles. The number of ether oxygens (including phenoxy) is 2. The van der Waals surface area contributed by atoms with E-state index in [1.165, 1.54) is 0 Å². The maximum atomic E-state index is 12.8. The predicted molar refractivity (Wildman–Crippen MR) is 107 cm³/mol. The molecule has 2 aromatic rings. The van der Waals surface area contributed by atoms with Gasteiger partial charge in [0.15, 0.2) is 0 Å². The number of carbonyl (C=O) groups excluding carboxylic acids is 1. The van der Waals surface area contributed by atoms with Gasteiger partial charge in [-0.1, -0.05) is 30.3 Å². The van der Waals surface area contributed by atoms with Crippen molar-refractivity contribution in [2.45, 2.75) is 38.4 Å². The summed E-state index contributed by atoms with van der Waals surface area (Å²) < 4.78 is 11.7. The van der Waals surface area contributed by atoms with Gasteiger partial charge in [-0.05, 0) is 69.1 Å². The fourth-order valence-corrected chi connectivity index (χ4v) is 3.44. The highest BCUT2D eigenvalue weighted by atomic mass is 16.5. The lowest BCUT2D eigenvalue weighted by atomic mass is 9.91. The zero-order valence-corrected chi connectivity index (χ0v) is 16.2. The summed E-state index contributed by atoms with van der Waals surface area (Å²) in [6.07, 6.45) is 1.30. The standard InChI is InChI=1S/C22H28N2O3/c1-16-15-19(27-17(2)18-7-5-4-6-8-18)9-10-20(16)24-21(25)22(26-3)11-13-23-14-12-22/h4-10,15,17,23H,11-14H2,1-3H3,(H,24,25). The molecule has 1 unspecified atom stereocenters. The van der Waals surface area contributed by atoms with Gasteiger partial charge in [-0.25, -0.2) is 0 Å². The minimum atomic E-state index is -0.755. The minimum Gasteiger partial charge on any atom is -0.486 e. The van der Waals surface area contributed by atoms with Gasteiger partial charge in [-0.2, -0.15) is 0 Å². The minimum absolute atomic E-state index is 0.0439. The number of hydrogen-bond donors (Lipinski definition) is 2. The molecule has 1 aliphatic rings. The lowest BCUT2D eigenvalue weighted by Gasteiger charge is -2.34. The molecule has 1 atom stereocenters. The van der Waals surface area contributed by atoms with Crippen molar-refractivity contribution in [1.82, 2.24) is 5.32 Å². The number of rotatable bonds is 6. The van der Waals surface area contributed by atoms with Crippen molar-refractivity contribution in [2.24, 2.45) is 0 Å². The number of nitrogens with one attached hydrogen (secondary N) is 2. The van der Waals surface area contributed by atoms with E-state index in [4.69, 9.17) is 9.47 Å². The Bertz CT molecular complexity index is 770. The number of methoxy groups -OCH3 is 1. The van der Waals surface area contributed by atoms with Gasteiger partial charge < -0.3 is 20.1 Å². The van der Waals surface area contributed by atoms with Crippen LogP contribution < -0.4 is 15.4 Å². The molecule has 2 aromatic carbocycles. The largest absolute Gasteiger partial charge is 0.486 e. The monoisotopic (exact) mass is 368 g/mol. The van der Waals surface area contributed by atoms with E-state index in [1.807, 2.05) is 50.2 Å². The second-order valence-corrected chi connectivity index (χ2v) is 7.05. The maximum absolute atomic E-state index is 12.8. The molecule has 144 valence electrons. The van der Waals surface area contributed by atoms with Crippen LogP contribution in [0.3, 0.4) is 0 Å². The SMILES string of the molecule is COC1(C(=O)Nc2ccc(OC(C)c3ccccc3)cc2C)CCNCC1. The van der Waals surface area contributed by atoms with Crippen LogP contribution in [0.4, 0.5) is 5.69 Å². The van der Waals surface area contributed by atoms with E-state index < -0.39 is 5.60 Å². The van der Waals surface area contributed by atoms with Crippen molar-refractivity contribution in [3.63, 3.8) is 0 Å². The van der Waals surface area contributed by atoms with Gasteiger partial charge in [0.2, 0.25) is 0 Å². The van der Waals surface area contributed by atoms with Crippen LogP contribution >= 0.6 is 0 Å². The molecule has 3 rings (SSSR count). The van der Waals surface area contributed by atoms with Crippen LogP contribution in [0.5, 0.6) is 5.75 Å². The molecule has 1 amide bonds. The smallest absolute Gasteiger partial charge is 0.256 e. The molecule has 0 spiro atoms. The average molecular weight is 368 g/mol. The Labute approximate surface area is 161 Å². The summed E-state index contributed by atoms with van der Waals surface area (Å²) in [5.74, 6) is 0.700. The zero-order valence-electron chi connectivity index (χ0n) is 16.2. The molecule has 0 aliphatic carbocycles. The van der Waals surface area contributed by atoms with Gasteiger partial charge >= 0.3 is 0 Å². The van der Waals surface area contributed by atoms with Gasteiger partial charge in [-0.15, -0.1) is 0 Å². The predicted octanol–water partition coefficient (Wildman–Crippen LogP) is 3.84. The topological polar surface area (TPSA) is 59.6 Å². The summed E-state index contributed by atoms with van der Waals surface area (Å²) in [5.41, 5.74) is 2.12. The lowest BCUT2D eigenvalue weighted by molar-refractivity contribution is -0.140. The van der Waals surface area contributed by atoms with Crippen molar-refractivity contribution in [3.8, 4) is 5.75 Å². The molecule has 5 heteroatoms. The number of hydrogen-bond acceptors (Lipinski definition) is 4. The molecule has 27 heavy (non-hydrogen) atoms. The molecule has 5 nitrogen and oxygen atoms in total. The molecule has 0 bridgehead atoms. The third-order valence-electron chi connectivity index (χ3n) is 5.24. The van der Waals surface area contributed by atoms with Crippen molar-refractivity contribution in [3.05, 3.63) is 59.7 Å². The molecular weight excluding hydrogens is 340 g/mol. The van der Waals surface area contributed by atoms with E-state index in [9.17, 15) is 4.79 Å². The Kier molecular flexibility index (Phi) is 6.14. The van der Waals surface area contributed by atoms with Gasteiger partial charge in [0.25, 0.3) is 5.91 Å². The van der Waals surface area contributed by atoms with Crippen molar-refractivity contribution < 1.29 is 14.3 Å². The maximum Gasteiger partial charge on any atom is 0.256 e. The van der Waals surface area contributed by atoms with E-state index >= 15 is 0 Å². The Morgan fingerprint density at radius 2 is 1.85 bits per heavy atom. The molecule has 2 N–H and O–H groups in total. The number of carbonyl (C=O) groups is 1. The van der Waals surface area contributed by atoms with E-state index in [2.05, 4.69) is 22.8 Å². The van der Waals surface area contributed by atoms with Gasteiger partial charge in [0.1, 0.15) is 17.5 Å². The number of anilines is 1. The van der Waals surface area contributed by atoms with Crippen LogP contribution in [0.15, 0.2) is 48.5 Å². The highest BCUT2D eigenvalue weighted by Crippen LogP contribution is 2.29. The first kappa shape index (κ1) is 19.4. The molecule has 0 radical (unpaired) electrons. The third kappa shape index (κ3) is 4.49. The summed E-state index contributed by atoms with van der Waals surface area (Å²) in [5, 5.41) is 6.30. The van der Waals surface area contributed by atoms with E-state index in [0.29, 0.717) is 12.8 Å². The summed E-state index contributed by atoms with van der Waals surface area (Å²) in [6, 6.07) is 15.8. The van der Waals surface area contributed by atoms with Crippen LogP contribution in [0, 0.1) is 6.92 Å². The van der Waals surface area contributed by atoms with Crippen LogP contribution in [-0.4, -0.2) is 31.7 Å². The zero-order chi connectivity index (χ0) is 19.3. The van der Waals surface area contributed by atoms with Crippen molar-refractivity contribution >= 4 is 11.6 Å². The first-order valence-electron chi connectivity index (χ1n) is 9.44. The lowest BCUT2D eigenvalue weighted by Crippen LogP contribution is -2.51. The van der Waals surface area contributed by atoms with Gasteiger partial charge in [-0.3, -0.25) is 4.79 Å². The summed E-state index contributed by atoms with van der Waals surface area (Å²) >= 11 is 0. The Morgan fingerprint density at radius 1 is 1.15 bits per heavy atom. The van der Waals surface area contributed by atoms with Crippen LogP contribution in [0.25, 0.3) is 0 Å². The number of amides is 1. The second-order valence-electron chi connectivity index (χ2n) is 7.05. The third-order valence-corrected chi connectivity index (χ3v) is 5.24.